The molecule has 3 nitrogen and oxygen atoms in total. The van der Waals surface area contributed by atoms with Crippen molar-refractivity contribution < 1.29 is 9.90 Å². The molecule has 0 atom stereocenters. The Bertz CT molecular complexity index is 372. The minimum absolute atomic E-state index is 0.193. The Labute approximate surface area is 107 Å². The number of hydrogen-bond donors (Lipinski definition) is 2. The maximum Gasteiger partial charge on any atom is 0.251 e. The number of carbonyl (C=O) groups is 1. The van der Waals surface area contributed by atoms with E-state index < -0.39 is 5.60 Å². The van der Waals surface area contributed by atoms with Crippen molar-refractivity contribution in [3.05, 3.63) is 34.9 Å². The van der Waals surface area contributed by atoms with E-state index in [4.69, 9.17) is 11.6 Å². The van der Waals surface area contributed by atoms with Gasteiger partial charge >= 0.3 is 0 Å². The van der Waals surface area contributed by atoms with Crippen LogP contribution < -0.4 is 5.32 Å². The summed E-state index contributed by atoms with van der Waals surface area (Å²) in [6.07, 6.45) is 1.23. The molecular formula is C13H18ClNO2. The van der Waals surface area contributed by atoms with Gasteiger partial charge in [0, 0.05) is 17.1 Å². The molecule has 0 aromatic heterocycles. The van der Waals surface area contributed by atoms with E-state index in [1.54, 1.807) is 24.3 Å². The summed E-state index contributed by atoms with van der Waals surface area (Å²) >= 11 is 5.74. The van der Waals surface area contributed by atoms with E-state index in [0.29, 0.717) is 23.4 Å². The van der Waals surface area contributed by atoms with E-state index in [-0.39, 0.29) is 12.5 Å². The first kappa shape index (κ1) is 14.0. The predicted octanol–water partition coefficient (Wildman–Crippen LogP) is 2.62. The molecule has 17 heavy (non-hydrogen) atoms. The van der Waals surface area contributed by atoms with Gasteiger partial charge < -0.3 is 10.4 Å². The van der Waals surface area contributed by atoms with Gasteiger partial charge in [-0.25, -0.2) is 0 Å². The third kappa shape index (κ3) is 4.02. The monoisotopic (exact) mass is 255 g/mol. The van der Waals surface area contributed by atoms with E-state index >= 15 is 0 Å². The van der Waals surface area contributed by atoms with E-state index in [1.165, 1.54) is 0 Å². The third-order valence-corrected chi connectivity index (χ3v) is 3.25. The maximum atomic E-state index is 11.8. The molecule has 0 radical (unpaired) electrons. The Morgan fingerprint density at radius 2 is 1.82 bits per heavy atom. The average molecular weight is 256 g/mol. The van der Waals surface area contributed by atoms with Crippen molar-refractivity contribution in [3.63, 3.8) is 0 Å². The van der Waals surface area contributed by atoms with Crippen LogP contribution in [-0.4, -0.2) is 23.2 Å². The summed E-state index contributed by atoms with van der Waals surface area (Å²) in [4.78, 5) is 11.8. The maximum absolute atomic E-state index is 11.8. The molecule has 1 aromatic carbocycles. The fourth-order valence-electron chi connectivity index (χ4n) is 1.45. The van der Waals surface area contributed by atoms with Crippen molar-refractivity contribution in [2.45, 2.75) is 32.3 Å². The lowest BCUT2D eigenvalue weighted by molar-refractivity contribution is 0.0314. The van der Waals surface area contributed by atoms with Crippen molar-refractivity contribution in [3.8, 4) is 0 Å². The van der Waals surface area contributed by atoms with Crippen LogP contribution >= 0.6 is 11.6 Å². The molecule has 0 unspecified atom stereocenters. The van der Waals surface area contributed by atoms with Gasteiger partial charge in [-0.15, -0.1) is 0 Å². The van der Waals surface area contributed by atoms with Crippen molar-refractivity contribution in [2.75, 3.05) is 6.54 Å². The second kappa shape index (κ2) is 6.03. The third-order valence-electron chi connectivity index (χ3n) is 3.00. The molecule has 1 aromatic rings. The summed E-state index contributed by atoms with van der Waals surface area (Å²) in [5.74, 6) is -0.193. The number of halogens is 1. The van der Waals surface area contributed by atoms with Crippen LogP contribution in [-0.2, 0) is 0 Å². The van der Waals surface area contributed by atoms with Crippen LogP contribution in [0.25, 0.3) is 0 Å². The van der Waals surface area contributed by atoms with Gasteiger partial charge in [-0.05, 0) is 37.1 Å². The van der Waals surface area contributed by atoms with Crippen LogP contribution in [0, 0.1) is 0 Å². The molecule has 4 heteroatoms. The predicted molar refractivity (Wildman–Crippen MR) is 69.3 cm³/mol. The zero-order chi connectivity index (χ0) is 12.9. The molecular weight excluding hydrogens is 238 g/mol. The van der Waals surface area contributed by atoms with E-state index in [2.05, 4.69) is 5.32 Å². The summed E-state index contributed by atoms with van der Waals surface area (Å²) in [6.45, 7) is 4.07. The fourth-order valence-corrected chi connectivity index (χ4v) is 1.57. The van der Waals surface area contributed by atoms with E-state index in [0.717, 1.165) is 0 Å². The Morgan fingerprint density at radius 1 is 1.29 bits per heavy atom. The first-order valence-electron chi connectivity index (χ1n) is 5.77. The largest absolute Gasteiger partial charge is 0.388 e. The Kier molecular flexibility index (Phi) is 4.97. The molecule has 0 heterocycles. The normalized spacial score (nSPS) is 11.3. The number of hydrogen-bond acceptors (Lipinski definition) is 2. The lowest BCUT2D eigenvalue weighted by Crippen LogP contribution is -2.42. The minimum atomic E-state index is -0.817. The van der Waals surface area contributed by atoms with Crippen molar-refractivity contribution in [1.82, 2.24) is 5.32 Å². The van der Waals surface area contributed by atoms with Gasteiger partial charge in [0.1, 0.15) is 0 Å². The highest BCUT2D eigenvalue weighted by molar-refractivity contribution is 6.30. The first-order chi connectivity index (χ1) is 8.00. The highest BCUT2D eigenvalue weighted by Crippen LogP contribution is 2.14. The number of aliphatic hydroxyl groups is 1. The molecule has 0 aliphatic carbocycles. The molecule has 0 saturated carbocycles. The number of carbonyl (C=O) groups excluding carboxylic acids is 1. The number of amides is 1. The second-order valence-electron chi connectivity index (χ2n) is 4.12. The molecule has 0 aliphatic rings. The summed E-state index contributed by atoms with van der Waals surface area (Å²) in [7, 11) is 0. The van der Waals surface area contributed by atoms with Crippen molar-refractivity contribution in [2.24, 2.45) is 0 Å². The Morgan fingerprint density at radius 3 is 2.29 bits per heavy atom. The minimum Gasteiger partial charge on any atom is -0.388 e. The average Bonchev–Trinajstić information content (AvgIpc) is 2.36. The van der Waals surface area contributed by atoms with Crippen LogP contribution in [0.4, 0.5) is 0 Å². The first-order valence-corrected chi connectivity index (χ1v) is 6.14. The van der Waals surface area contributed by atoms with Crippen LogP contribution in [0.5, 0.6) is 0 Å². The smallest absolute Gasteiger partial charge is 0.251 e. The lowest BCUT2D eigenvalue weighted by atomic mass is 9.97. The molecule has 1 amide bonds. The Balaban J connectivity index is 2.58. The zero-order valence-corrected chi connectivity index (χ0v) is 10.9. The molecule has 0 saturated heterocycles. The molecule has 94 valence electrons. The van der Waals surface area contributed by atoms with E-state index in [1.807, 2.05) is 13.8 Å². The topological polar surface area (TPSA) is 49.3 Å². The fraction of sp³-hybridized carbons (Fsp3) is 0.462. The SMILES string of the molecule is CCC(O)(CC)CNC(=O)c1ccc(Cl)cc1. The zero-order valence-electron chi connectivity index (χ0n) is 10.2. The summed E-state index contributed by atoms with van der Waals surface area (Å²) in [6, 6.07) is 6.66. The van der Waals surface area contributed by atoms with Gasteiger partial charge in [-0.3, -0.25) is 4.79 Å². The van der Waals surface area contributed by atoms with Gasteiger partial charge in [0.25, 0.3) is 5.91 Å². The van der Waals surface area contributed by atoms with E-state index in [9.17, 15) is 9.90 Å². The second-order valence-corrected chi connectivity index (χ2v) is 4.56. The highest BCUT2D eigenvalue weighted by atomic mass is 35.5. The van der Waals surface area contributed by atoms with Crippen molar-refractivity contribution >= 4 is 17.5 Å². The van der Waals surface area contributed by atoms with Crippen LogP contribution in [0.15, 0.2) is 24.3 Å². The highest BCUT2D eigenvalue weighted by Gasteiger charge is 2.22. The number of benzene rings is 1. The standard InChI is InChI=1S/C13H18ClNO2/c1-3-13(17,4-2)9-15-12(16)10-5-7-11(14)8-6-10/h5-8,17H,3-4,9H2,1-2H3,(H,15,16). The molecule has 1 rings (SSSR count). The number of nitrogens with one attached hydrogen (secondary N) is 1. The van der Waals surface area contributed by atoms with Gasteiger partial charge in [-0.1, -0.05) is 25.4 Å². The summed E-state index contributed by atoms with van der Waals surface area (Å²) < 4.78 is 0. The van der Waals surface area contributed by atoms with Crippen molar-refractivity contribution in [1.29, 1.82) is 0 Å². The molecule has 0 fully saturated rings. The van der Waals surface area contributed by atoms with Crippen LogP contribution in [0.3, 0.4) is 0 Å². The molecule has 0 aliphatic heterocycles. The van der Waals surface area contributed by atoms with Crippen LogP contribution in [0.2, 0.25) is 5.02 Å². The quantitative estimate of drug-likeness (QED) is 0.850. The van der Waals surface area contributed by atoms with Gasteiger partial charge in [0.05, 0.1) is 5.60 Å². The van der Waals surface area contributed by atoms with Crippen LogP contribution in [0.1, 0.15) is 37.0 Å². The number of rotatable bonds is 5. The van der Waals surface area contributed by atoms with Gasteiger partial charge in [0.15, 0.2) is 0 Å². The molecule has 0 spiro atoms. The van der Waals surface area contributed by atoms with Gasteiger partial charge in [0.2, 0.25) is 0 Å². The Hall–Kier alpha value is -1.06. The summed E-state index contributed by atoms with van der Waals surface area (Å²) in [5.41, 5.74) is -0.272. The molecule has 2 N–H and O–H groups in total. The summed E-state index contributed by atoms with van der Waals surface area (Å²) in [5, 5.41) is 13.4. The van der Waals surface area contributed by atoms with Gasteiger partial charge in [-0.2, -0.15) is 0 Å². The lowest BCUT2D eigenvalue weighted by Gasteiger charge is -2.25. The molecule has 0 bridgehead atoms.